The molecule has 1 N–H and O–H groups in total. The number of nitriles is 1. The molecule has 38 heavy (non-hydrogen) atoms. The lowest BCUT2D eigenvalue weighted by Gasteiger charge is -2.43. The van der Waals surface area contributed by atoms with Crippen molar-refractivity contribution < 1.29 is 23.1 Å². The van der Waals surface area contributed by atoms with E-state index in [1.807, 2.05) is 0 Å². The number of carbonyl (C=O) groups excluding carboxylic acids is 2. The molecule has 3 saturated heterocycles. The fourth-order valence-corrected chi connectivity index (χ4v) is 6.58. The summed E-state index contributed by atoms with van der Waals surface area (Å²) in [6.07, 6.45) is 3.52. The van der Waals surface area contributed by atoms with E-state index in [1.165, 1.54) is 6.07 Å². The number of piperazine rings is 1. The van der Waals surface area contributed by atoms with Crippen molar-refractivity contribution >= 4 is 11.7 Å². The Kier molecular flexibility index (Phi) is 7.04. The Labute approximate surface area is 221 Å². The van der Waals surface area contributed by atoms with Crippen molar-refractivity contribution in [2.24, 2.45) is 11.8 Å². The second kappa shape index (κ2) is 10.6. The Morgan fingerprint density at radius 3 is 2.84 bits per heavy atom. The van der Waals surface area contributed by atoms with Gasteiger partial charge in [0.05, 0.1) is 37.3 Å². The SMILES string of the molecule is N#C[C@@H](CC(=O)[C@H]1N[C@@H]2CC[C@H]1C2)Cc1ccc(-c2ccc(C(=O)N3CCN4CCOCC4C3)o2)cc1F. The summed E-state index contributed by atoms with van der Waals surface area (Å²) in [5, 5.41) is 13.0. The minimum Gasteiger partial charge on any atom is -0.451 e. The third-order valence-electron chi connectivity index (χ3n) is 8.68. The first-order valence-corrected chi connectivity index (χ1v) is 13.7. The van der Waals surface area contributed by atoms with Gasteiger partial charge in [-0.05, 0) is 55.4 Å². The van der Waals surface area contributed by atoms with Gasteiger partial charge in [-0.2, -0.15) is 5.26 Å². The molecule has 1 aromatic heterocycles. The molecule has 9 heteroatoms. The van der Waals surface area contributed by atoms with Gasteiger partial charge in [0.25, 0.3) is 5.91 Å². The number of halogens is 1. The highest BCUT2D eigenvalue weighted by atomic mass is 19.1. The van der Waals surface area contributed by atoms with Crippen molar-refractivity contribution in [2.75, 3.05) is 39.4 Å². The van der Waals surface area contributed by atoms with Crippen LogP contribution in [0.15, 0.2) is 34.7 Å². The average molecular weight is 521 g/mol. The summed E-state index contributed by atoms with van der Waals surface area (Å²) in [4.78, 5) is 30.0. The highest BCUT2D eigenvalue weighted by Crippen LogP contribution is 2.36. The standard InChI is InChI=1S/C29H33FN4O4/c30-24-14-20(2-1-19(24)11-18(15-31)12-25(35)28-21-3-4-22(13-21)32-28)26-5-6-27(38-26)29(36)34-8-7-33-9-10-37-17-23(33)16-34/h1-2,5-6,14,18,21-23,28,32H,3-4,7-13,16-17H2/t18-,21+,22-,23?,28+/m1/s1. The number of hydrogen-bond acceptors (Lipinski definition) is 7. The van der Waals surface area contributed by atoms with E-state index in [1.54, 1.807) is 29.2 Å². The van der Waals surface area contributed by atoms with Crippen LogP contribution >= 0.6 is 0 Å². The molecule has 4 fully saturated rings. The number of morpholine rings is 1. The summed E-state index contributed by atoms with van der Waals surface area (Å²) in [5.74, 6) is -0.132. The van der Waals surface area contributed by atoms with Crippen molar-refractivity contribution in [1.82, 2.24) is 15.1 Å². The van der Waals surface area contributed by atoms with Gasteiger partial charge < -0.3 is 19.4 Å². The summed E-state index contributed by atoms with van der Waals surface area (Å²) in [5.41, 5.74) is 0.913. The maximum absolute atomic E-state index is 15.1. The molecule has 0 spiro atoms. The zero-order chi connectivity index (χ0) is 26.2. The van der Waals surface area contributed by atoms with Crippen molar-refractivity contribution in [3.63, 3.8) is 0 Å². The van der Waals surface area contributed by atoms with E-state index in [-0.39, 0.29) is 42.4 Å². The van der Waals surface area contributed by atoms with Crippen molar-refractivity contribution in [3.8, 4) is 17.4 Å². The molecule has 1 aromatic carbocycles. The quantitative estimate of drug-likeness (QED) is 0.599. The highest BCUT2D eigenvalue weighted by Gasteiger charge is 2.42. The Bertz CT molecular complexity index is 1260. The van der Waals surface area contributed by atoms with Crippen LogP contribution in [-0.2, 0) is 16.0 Å². The molecule has 2 bridgehead atoms. The van der Waals surface area contributed by atoms with Crippen LogP contribution in [0.5, 0.6) is 0 Å². The fraction of sp³-hybridized carbons (Fsp3) is 0.552. The molecule has 2 aromatic rings. The number of nitrogens with zero attached hydrogens (tertiary/aromatic N) is 3. The second-order valence-electron chi connectivity index (χ2n) is 11.1. The van der Waals surface area contributed by atoms with Gasteiger partial charge in [0.2, 0.25) is 0 Å². The molecule has 3 aliphatic heterocycles. The van der Waals surface area contributed by atoms with Crippen LogP contribution in [0.25, 0.3) is 11.3 Å². The summed E-state index contributed by atoms with van der Waals surface area (Å²) >= 11 is 0. The molecule has 8 nitrogen and oxygen atoms in total. The summed E-state index contributed by atoms with van der Waals surface area (Å²) in [6.45, 7) is 4.29. The Morgan fingerprint density at radius 1 is 1.18 bits per heavy atom. The molecule has 4 aliphatic rings. The third-order valence-corrected chi connectivity index (χ3v) is 8.68. The van der Waals surface area contributed by atoms with E-state index >= 15 is 4.39 Å². The van der Waals surface area contributed by atoms with Crippen LogP contribution in [0.3, 0.4) is 0 Å². The maximum Gasteiger partial charge on any atom is 0.289 e. The molecule has 5 atom stereocenters. The van der Waals surface area contributed by atoms with Gasteiger partial charge in [-0.15, -0.1) is 0 Å². The molecular weight excluding hydrogens is 487 g/mol. The number of benzene rings is 1. The number of fused-ring (bicyclic) bond motifs is 3. The minimum atomic E-state index is -0.577. The Balaban J connectivity index is 1.08. The summed E-state index contributed by atoms with van der Waals surface area (Å²) in [6, 6.07) is 10.7. The van der Waals surface area contributed by atoms with E-state index < -0.39 is 11.7 Å². The first-order chi connectivity index (χ1) is 18.5. The lowest BCUT2D eigenvalue weighted by Crippen LogP contribution is -2.59. The lowest BCUT2D eigenvalue weighted by atomic mass is 9.88. The number of ketones is 1. The van der Waals surface area contributed by atoms with Crippen LogP contribution in [0.2, 0.25) is 0 Å². The molecule has 200 valence electrons. The smallest absolute Gasteiger partial charge is 0.289 e. The Hall–Kier alpha value is -3.06. The number of piperidine rings is 1. The molecule has 4 heterocycles. The molecule has 1 aliphatic carbocycles. The highest BCUT2D eigenvalue weighted by molar-refractivity contribution is 5.92. The van der Waals surface area contributed by atoms with Crippen molar-refractivity contribution in [2.45, 2.75) is 50.2 Å². The molecule has 1 amide bonds. The van der Waals surface area contributed by atoms with E-state index in [9.17, 15) is 14.9 Å². The number of nitrogens with one attached hydrogen (secondary N) is 1. The van der Waals surface area contributed by atoms with Crippen LogP contribution in [0.1, 0.15) is 41.8 Å². The van der Waals surface area contributed by atoms with Crippen LogP contribution < -0.4 is 5.32 Å². The predicted octanol–water partition coefficient (Wildman–Crippen LogP) is 3.02. The first kappa shape index (κ1) is 25.2. The van der Waals surface area contributed by atoms with E-state index in [4.69, 9.17) is 9.15 Å². The average Bonchev–Trinajstić information content (AvgIpc) is 3.71. The van der Waals surface area contributed by atoms with E-state index in [0.29, 0.717) is 48.5 Å². The topological polar surface area (TPSA) is 98.8 Å². The normalized spacial score (nSPS) is 27.6. The summed E-state index contributed by atoms with van der Waals surface area (Å²) < 4.78 is 26.5. The minimum absolute atomic E-state index is 0.0611. The van der Waals surface area contributed by atoms with Crippen LogP contribution in [0.4, 0.5) is 4.39 Å². The van der Waals surface area contributed by atoms with E-state index in [2.05, 4.69) is 16.3 Å². The molecule has 1 saturated carbocycles. The number of furan rings is 1. The number of amides is 1. The van der Waals surface area contributed by atoms with Crippen molar-refractivity contribution in [3.05, 3.63) is 47.5 Å². The van der Waals surface area contributed by atoms with E-state index in [0.717, 1.165) is 39.0 Å². The largest absolute Gasteiger partial charge is 0.451 e. The monoisotopic (exact) mass is 520 g/mol. The number of Topliss-reactive ketones (excluding diaryl/α,β-unsaturated/α-hetero) is 1. The number of carbonyl (C=O) groups is 2. The van der Waals surface area contributed by atoms with Crippen LogP contribution in [0, 0.1) is 29.0 Å². The van der Waals surface area contributed by atoms with Gasteiger partial charge in [0, 0.05) is 44.2 Å². The maximum atomic E-state index is 15.1. The number of rotatable bonds is 7. The molecule has 0 radical (unpaired) electrons. The zero-order valence-corrected chi connectivity index (χ0v) is 21.4. The third kappa shape index (κ3) is 5.00. The molecule has 1 unspecified atom stereocenters. The van der Waals surface area contributed by atoms with Gasteiger partial charge in [-0.25, -0.2) is 4.39 Å². The fourth-order valence-electron chi connectivity index (χ4n) is 6.58. The van der Waals surface area contributed by atoms with Crippen molar-refractivity contribution in [1.29, 1.82) is 5.26 Å². The van der Waals surface area contributed by atoms with Crippen LogP contribution in [-0.4, -0.2) is 79.0 Å². The predicted molar refractivity (Wildman–Crippen MR) is 137 cm³/mol. The lowest BCUT2D eigenvalue weighted by molar-refractivity contribution is -0.122. The van der Waals surface area contributed by atoms with Gasteiger partial charge in [-0.3, -0.25) is 14.5 Å². The second-order valence-corrected chi connectivity index (χ2v) is 11.1. The number of ether oxygens (including phenoxy) is 1. The summed E-state index contributed by atoms with van der Waals surface area (Å²) in [7, 11) is 0. The zero-order valence-electron chi connectivity index (χ0n) is 21.4. The van der Waals surface area contributed by atoms with Gasteiger partial charge in [0.1, 0.15) is 11.6 Å². The number of hydrogen-bond donors (Lipinski definition) is 1. The molecular formula is C29H33FN4O4. The first-order valence-electron chi connectivity index (χ1n) is 13.7. The van der Waals surface area contributed by atoms with Gasteiger partial charge in [-0.1, -0.05) is 12.1 Å². The Morgan fingerprint density at radius 2 is 2.08 bits per heavy atom. The van der Waals surface area contributed by atoms with Gasteiger partial charge in [0.15, 0.2) is 11.5 Å². The van der Waals surface area contributed by atoms with Gasteiger partial charge >= 0.3 is 0 Å². The molecule has 6 rings (SSSR count).